The van der Waals surface area contributed by atoms with Crippen LogP contribution in [-0.2, 0) is 12.8 Å². The lowest BCUT2D eigenvalue weighted by Gasteiger charge is -2.13. The van der Waals surface area contributed by atoms with Crippen molar-refractivity contribution in [1.29, 1.82) is 0 Å². The van der Waals surface area contributed by atoms with Crippen molar-refractivity contribution >= 4 is 29.2 Å². The third-order valence-corrected chi connectivity index (χ3v) is 4.41. The van der Waals surface area contributed by atoms with Gasteiger partial charge in [-0.25, -0.2) is 4.79 Å². The van der Waals surface area contributed by atoms with Crippen molar-refractivity contribution in [2.24, 2.45) is 0 Å². The van der Waals surface area contributed by atoms with Gasteiger partial charge in [-0.3, -0.25) is 4.98 Å². The molecule has 4 rings (SSSR count). The number of rotatable bonds is 1. The molecule has 0 fully saturated rings. The quantitative estimate of drug-likeness (QED) is 0.760. The minimum Gasteiger partial charge on any atom is -0.252 e. The molecule has 22 heavy (non-hydrogen) atoms. The zero-order valence-corrected chi connectivity index (χ0v) is 12.5. The molecule has 1 aliphatic heterocycles. The number of imide groups is 1. The Morgan fingerprint density at radius 3 is 2.59 bits per heavy atom. The van der Waals surface area contributed by atoms with Crippen molar-refractivity contribution in [2.45, 2.75) is 25.7 Å². The molecule has 0 atom stereocenters. The molecule has 0 saturated heterocycles. The summed E-state index contributed by atoms with van der Waals surface area (Å²) >= 11 is 5.87. The lowest BCUT2D eigenvalue weighted by atomic mass is 10.00. The second-order valence-electron chi connectivity index (χ2n) is 5.48. The van der Waals surface area contributed by atoms with E-state index in [9.17, 15) is 9.59 Å². The van der Waals surface area contributed by atoms with Crippen molar-refractivity contribution in [3.05, 3.63) is 52.6 Å². The molecule has 0 radical (unpaired) electrons. The number of anilines is 1. The Labute approximate surface area is 132 Å². The van der Waals surface area contributed by atoms with Crippen LogP contribution in [0.3, 0.4) is 0 Å². The van der Waals surface area contributed by atoms with Gasteiger partial charge in [-0.2, -0.15) is 4.79 Å². The Morgan fingerprint density at radius 2 is 1.82 bits per heavy atom. The second-order valence-corrected chi connectivity index (χ2v) is 5.92. The molecule has 6 heteroatoms. The van der Waals surface area contributed by atoms with Crippen LogP contribution in [0.15, 0.2) is 30.5 Å². The smallest absolute Gasteiger partial charge is 0.252 e. The van der Waals surface area contributed by atoms with Crippen molar-refractivity contribution in [1.82, 2.24) is 4.98 Å². The molecule has 110 valence electrons. The van der Waals surface area contributed by atoms with E-state index in [4.69, 9.17) is 11.6 Å². The van der Waals surface area contributed by atoms with E-state index >= 15 is 0 Å². The average molecular weight is 315 g/mol. The maximum atomic E-state index is 12.8. The lowest BCUT2D eigenvalue weighted by Crippen LogP contribution is -2.50. The van der Waals surface area contributed by atoms with Crippen LogP contribution in [0.5, 0.6) is 0 Å². The predicted molar refractivity (Wildman–Crippen MR) is 80.1 cm³/mol. The van der Waals surface area contributed by atoms with Gasteiger partial charge in [-0.1, -0.05) is 11.6 Å². The van der Waals surface area contributed by atoms with Crippen LogP contribution in [0.2, 0.25) is 5.02 Å². The zero-order chi connectivity index (χ0) is 15.3. The van der Waals surface area contributed by atoms with Crippen LogP contribution in [0.1, 0.15) is 34.7 Å². The number of hydrogen-bond acceptors (Lipinski definition) is 3. The molecule has 2 aliphatic rings. The molecule has 2 heterocycles. The summed E-state index contributed by atoms with van der Waals surface area (Å²) < 4.78 is 1.53. The Kier molecular flexibility index (Phi) is 2.97. The predicted octanol–water partition coefficient (Wildman–Crippen LogP) is 2.53. The number of benzene rings is 1. The summed E-state index contributed by atoms with van der Waals surface area (Å²) in [4.78, 5) is 30.9. The summed E-state index contributed by atoms with van der Waals surface area (Å²) in [5.41, 5.74) is 2.65. The molecular weight excluding hydrogens is 302 g/mol. The number of fused-ring (bicyclic) bond motifs is 3. The van der Waals surface area contributed by atoms with Gasteiger partial charge >= 0.3 is 11.9 Å². The summed E-state index contributed by atoms with van der Waals surface area (Å²) in [5, 5.41) is 0.562. The highest BCUT2D eigenvalue weighted by Gasteiger charge is 2.49. The van der Waals surface area contributed by atoms with Gasteiger partial charge in [0, 0.05) is 11.4 Å². The van der Waals surface area contributed by atoms with Crippen LogP contribution < -0.4 is 9.47 Å². The van der Waals surface area contributed by atoms with E-state index in [0.717, 1.165) is 37.1 Å². The first-order valence-corrected chi connectivity index (χ1v) is 7.62. The Balaban J connectivity index is 1.84. The molecular formula is C16H13ClN3O2+. The van der Waals surface area contributed by atoms with Gasteiger partial charge in [-0.15, -0.1) is 9.47 Å². The van der Waals surface area contributed by atoms with Gasteiger partial charge in [0.2, 0.25) is 5.69 Å². The van der Waals surface area contributed by atoms with Crippen LogP contribution in [0.25, 0.3) is 0 Å². The fourth-order valence-electron chi connectivity index (χ4n) is 3.08. The molecule has 1 aliphatic carbocycles. The number of nitrogens with zero attached hydrogens (tertiary/aromatic N) is 3. The summed E-state index contributed by atoms with van der Waals surface area (Å²) in [6.07, 6.45) is 5.24. The molecule has 2 aromatic rings. The maximum Gasteiger partial charge on any atom is 0.512 e. The van der Waals surface area contributed by atoms with Gasteiger partial charge < -0.3 is 0 Å². The van der Waals surface area contributed by atoms with Gasteiger partial charge in [0.1, 0.15) is 11.4 Å². The molecule has 1 aromatic carbocycles. The van der Waals surface area contributed by atoms with E-state index < -0.39 is 0 Å². The first kappa shape index (κ1) is 13.4. The topological polar surface area (TPSA) is 54.2 Å². The first-order chi connectivity index (χ1) is 10.7. The minimum absolute atomic E-state index is 0.331. The van der Waals surface area contributed by atoms with E-state index in [1.54, 1.807) is 24.3 Å². The van der Waals surface area contributed by atoms with E-state index in [0.29, 0.717) is 16.4 Å². The van der Waals surface area contributed by atoms with Gasteiger partial charge in [0.05, 0.1) is 11.9 Å². The third-order valence-electron chi connectivity index (χ3n) is 4.15. The zero-order valence-electron chi connectivity index (χ0n) is 11.8. The number of carbonyl (C=O) groups excluding carboxylic acids is 2. The van der Waals surface area contributed by atoms with Crippen molar-refractivity contribution in [3.8, 4) is 0 Å². The summed E-state index contributed by atoms with van der Waals surface area (Å²) in [7, 11) is 0. The monoisotopic (exact) mass is 314 g/mol. The van der Waals surface area contributed by atoms with E-state index in [1.807, 2.05) is 0 Å². The summed E-state index contributed by atoms with van der Waals surface area (Å²) in [6.45, 7) is 0. The molecule has 5 nitrogen and oxygen atoms in total. The van der Waals surface area contributed by atoms with E-state index in [2.05, 4.69) is 4.98 Å². The van der Waals surface area contributed by atoms with Gasteiger partial charge in [-0.05, 0) is 43.5 Å². The van der Waals surface area contributed by atoms with Crippen molar-refractivity contribution in [3.63, 3.8) is 0 Å². The highest BCUT2D eigenvalue weighted by molar-refractivity contribution is 6.30. The standard InChI is InChI=1S/C16H13ClN3O2/c17-10-5-7-11(8-6-10)19-15(21)14-9-18-12-3-1-2-4-13(12)20(14)16(19)22/h5-9H,1-4H2/q+1. The molecule has 0 spiro atoms. The average Bonchev–Trinajstić information content (AvgIpc) is 2.80. The van der Waals surface area contributed by atoms with Crippen molar-refractivity contribution < 1.29 is 14.2 Å². The number of aryl methyl sites for hydroxylation is 1. The Bertz CT molecular complexity index is 802. The number of hydrogen-bond donors (Lipinski definition) is 0. The number of halogens is 1. The number of carbonyl (C=O) groups is 2. The Hall–Kier alpha value is -2.27. The van der Waals surface area contributed by atoms with E-state index in [1.165, 1.54) is 15.7 Å². The second kappa shape index (κ2) is 4.88. The van der Waals surface area contributed by atoms with Crippen molar-refractivity contribution in [2.75, 3.05) is 4.90 Å². The summed E-state index contributed by atoms with van der Waals surface area (Å²) in [5.74, 6) is -0.340. The highest BCUT2D eigenvalue weighted by Crippen LogP contribution is 2.25. The molecule has 0 saturated carbocycles. The molecule has 0 unspecified atom stereocenters. The molecule has 2 amide bonds. The van der Waals surface area contributed by atoms with Crippen LogP contribution in [0, 0.1) is 0 Å². The molecule has 0 N–H and O–H groups in total. The molecule has 0 bridgehead atoms. The molecule has 1 aromatic heterocycles. The van der Waals surface area contributed by atoms with Gasteiger partial charge in [0.15, 0.2) is 0 Å². The van der Waals surface area contributed by atoms with Crippen LogP contribution >= 0.6 is 11.6 Å². The van der Waals surface area contributed by atoms with E-state index in [-0.39, 0.29) is 11.9 Å². The Morgan fingerprint density at radius 1 is 1.09 bits per heavy atom. The SMILES string of the molecule is O=C1c2cnc3c([n+]2C(=O)N1c1ccc(Cl)cc1)CCCC3. The van der Waals surface area contributed by atoms with Gasteiger partial charge in [0.25, 0.3) is 0 Å². The number of aromatic nitrogens is 2. The largest absolute Gasteiger partial charge is 0.512 e. The highest BCUT2D eigenvalue weighted by atomic mass is 35.5. The normalized spacial score (nSPS) is 16.7. The van der Waals surface area contributed by atoms with Crippen LogP contribution in [-0.4, -0.2) is 16.9 Å². The number of amides is 2. The minimum atomic E-state index is -0.340. The fraction of sp³-hybridized carbons (Fsp3) is 0.250. The first-order valence-electron chi connectivity index (χ1n) is 7.24. The van der Waals surface area contributed by atoms with Crippen LogP contribution in [0.4, 0.5) is 10.5 Å². The third kappa shape index (κ3) is 1.85. The lowest BCUT2D eigenvalue weighted by molar-refractivity contribution is -0.576. The maximum absolute atomic E-state index is 12.8. The summed E-state index contributed by atoms with van der Waals surface area (Å²) in [6, 6.07) is 6.34. The fourth-order valence-corrected chi connectivity index (χ4v) is 3.21.